The standard InChI is InChI=1S/C31H26N2O4/c1-19-16-21-6-2-5-9-27(21)33(19)28(35)18-37-31(36)29-24-7-3-4-8-26(24)32-30-22(12-15-25(29)30)17-20-10-13-23(34)14-11-20/h2-11,13-14,17,19,34H,12,15-16,18H2,1H3/b22-17+. The molecule has 3 aromatic carbocycles. The summed E-state index contributed by atoms with van der Waals surface area (Å²) in [5, 5.41) is 10.3. The maximum Gasteiger partial charge on any atom is 0.339 e. The highest BCUT2D eigenvalue weighted by Gasteiger charge is 2.32. The molecule has 6 nitrogen and oxygen atoms in total. The van der Waals surface area contributed by atoms with Gasteiger partial charge in [0.15, 0.2) is 6.61 Å². The molecule has 1 aliphatic heterocycles. The first kappa shape index (κ1) is 23.0. The van der Waals surface area contributed by atoms with E-state index in [0.717, 1.165) is 51.9 Å². The zero-order valence-electron chi connectivity index (χ0n) is 20.5. The number of carbonyl (C=O) groups is 2. The maximum absolute atomic E-state index is 13.5. The van der Waals surface area contributed by atoms with Crippen molar-refractivity contribution in [3.63, 3.8) is 0 Å². The third-order valence-corrected chi connectivity index (χ3v) is 7.18. The number of rotatable bonds is 4. The number of para-hydroxylation sites is 2. The van der Waals surface area contributed by atoms with Gasteiger partial charge in [-0.25, -0.2) is 9.78 Å². The number of aromatic hydroxyl groups is 1. The van der Waals surface area contributed by atoms with Crippen LogP contribution in [0.5, 0.6) is 5.75 Å². The van der Waals surface area contributed by atoms with Crippen molar-refractivity contribution in [3.05, 3.63) is 101 Å². The van der Waals surface area contributed by atoms with Gasteiger partial charge in [0, 0.05) is 17.1 Å². The molecule has 1 aromatic heterocycles. The molecule has 6 heteroatoms. The van der Waals surface area contributed by atoms with Crippen molar-refractivity contribution in [3.8, 4) is 5.75 Å². The number of phenols is 1. The number of hydrogen-bond acceptors (Lipinski definition) is 5. The normalized spacial score (nSPS) is 17.2. The Morgan fingerprint density at radius 1 is 1.03 bits per heavy atom. The first-order chi connectivity index (χ1) is 18.0. The summed E-state index contributed by atoms with van der Waals surface area (Å²) in [4.78, 5) is 33.3. The highest BCUT2D eigenvalue weighted by Crippen LogP contribution is 2.38. The lowest BCUT2D eigenvalue weighted by molar-refractivity contribution is -0.122. The Morgan fingerprint density at radius 3 is 2.62 bits per heavy atom. The first-order valence-corrected chi connectivity index (χ1v) is 12.5. The van der Waals surface area contributed by atoms with E-state index in [1.54, 1.807) is 17.0 Å². The van der Waals surface area contributed by atoms with E-state index in [0.29, 0.717) is 17.5 Å². The molecular weight excluding hydrogens is 464 g/mol. The van der Waals surface area contributed by atoms with Crippen molar-refractivity contribution < 1.29 is 19.4 Å². The number of phenolic OH excluding ortho intramolecular Hbond substituents is 1. The second-order valence-electron chi connectivity index (χ2n) is 9.61. The van der Waals surface area contributed by atoms with E-state index in [9.17, 15) is 14.7 Å². The summed E-state index contributed by atoms with van der Waals surface area (Å²) in [5.74, 6) is -0.521. The predicted octanol–water partition coefficient (Wildman–Crippen LogP) is 5.56. The van der Waals surface area contributed by atoms with E-state index in [-0.39, 0.29) is 24.3 Å². The van der Waals surface area contributed by atoms with Crippen molar-refractivity contribution in [1.29, 1.82) is 0 Å². The molecule has 184 valence electrons. The molecule has 2 heterocycles. The quantitative estimate of drug-likeness (QED) is 0.379. The van der Waals surface area contributed by atoms with Crippen LogP contribution in [0.2, 0.25) is 0 Å². The average Bonchev–Trinajstić information content (AvgIpc) is 3.46. The Morgan fingerprint density at radius 2 is 1.78 bits per heavy atom. The number of amides is 1. The van der Waals surface area contributed by atoms with Gasteiger partial charge >= 0.3 is 5.97 Å². The van der Waals surface area contributed by atoms with Crippen LogP contribution in [-0.2, 0) is 22.4 Å². The summed E-state index contributed by atoms with van der Waals surface area (Å²) < 4.78 is 5.66. The third-order valence-electron chi connectivity index (χ3n) is 7.18. The minimum absolute atomic E-state index is 0.0159. The Labute approximate surface area is 214 Å². The van der Waals surface area contributed by atoms with E-state index in [4.69, 9.17) is 9.72 Å². The molecule has 1 atom stereocenters. The van der Waals surface area contributed by atoms with Crippen LogP contribution >= 0.6 is 0 Å². The first-order valence-electron chi connectivity index (χ1n) is 12.5. The molecule has 0 saturated heterocycles. The van der Waals surface area contributed by atoms with Gasteiger partial charge in [-0.15, -0.1) is 0 Å². The minimum Gasteiger partial charge on any atom is -0.508 e. The molecule has 37 heavy (non-hydrogen) atoms. The monoisotopic (exact) mass is 490 g/mol. The fourth-order valence-corrected chi connectivity index (χ4v) is 5.50. The maximum atomic E-state index is 13.5. The fraction of sp³-hybridized carbons (Fsp3) is 0.194. The minimum atomic E-state index is -0.505. The van der Waals surface area contributed by atoms with E-state index < -0.39 is 5.97 Å². The summed E-state index contributed by atoms with van der Waals surface area (Å²) >= 11 is 0. The third kappa shape index (κ3) is 4.14. The van der Waals surface area contributed by atoms with Crippen LogP contribution in [0.4, 0.5) is 5.69 Å². The lowest BCUT2D eigenvalue weighted by Crippen LogP contribution is -2.38. The van der Waals surface area contributed by atoms with Crippen LogP contribution in [0.3, 0.4) is 0 Å². The number of carbonyl (C=O) groups excluding carboxylic acids is 2. The van der Waals surface area contributed by atoms with Crippen molar-refractivity contribution in [1.82, 2.24) is 4.98 Å². The number of ether oxygens (including phenoxy) is 1. The number of anilines is 1. The molecule has 1 N–H and O–H groups in total. The van der Waals surface area contributed by atoms with Crippen molar-refractivity contribution in [2.24, 2.45) is 0 Å². The van der Waals surface area contributed by atoms with Crippen molar-refractivity contribution in [2.75, 3.05) is 11.5 Å². The van der Waals surface area contributed by atoms with Gasteiger partial charge in [-0.3, -0.25) is 4.79 Å². The largest absolute Gasteiger partial charge is 0.508 e. The average molecular weight is 491 g/mol. The second-order valence-corrected chi connectivity index (χ2v) is 9.61. The van der Waals surface area contributed by atoms with E-state index in [1.807, 2.05) is 73.7 Å². The molecule has 0 bridgehead atoms. The van der Waals surface area contributed by atoms with E-state index >= 15 is 0 Å². The topological polar surface area (TPSA) is 79.7 Å². The molecule has 1 amide bonds. The highest BCUT2D eigenvalue weighted by atomic mass is 16.5. The molecular formula is C31H26N2O4. The number of benzene rings is 3. The van der Waals surface area contributed by atoms with Gasteiger partial charge in [-0.1, -0.05) is 48.5 Å². The number of nitrogens with zero attached hydrogens (tertiary/aromatic N) is 2. The fourth-order valence-electron chi connectivity index (χ4n) is 5.50. The van der Waals surface area contributed by atoms with E-state index in [1.165, 1.54) is 0 Å². The summed E-state index contributed by atoms with van der Waals surface area (Å²) in [6.07, 6.45) is 4.22. The van der Waals surface area contributed by atoms with Gasteiger partial charge in [0.05, 0.1) is 16.8 Å². The molecule has 1 aliphatic carbocycles. The summed E-state index contributed by atoms with van der Waals surface area (Å²) in [6, 6.07) is 22.4. The predicted molar refractivity (Wildman–Crippen MR) is 143 cm³/mol. The molecule has 4 aromatic rings. The van der Waals surface area contributed by atoms with Gasteiger partial charge in [0.2, 0.25) is 0 Å². The smallest absolute Gasteiger partial charge is 0.339 e. The second kappa shape index (κ2) is 9.21. The summed E-state index contributed by atoms with van der Waals surface area (Å²) in [7, 11) is 0. The van der Waals surface area contributed by atoms with Crippen LogP contribution in [0.25, 0.3) is 22.6 Å². The Kier molecular flexibility index (Phi) is 5.72. The Hall–Kier alpha value is -4.45. The lowest BCUT2D eigenvalue weighted by atomic mass is 10.0. The Bertz CT molecular complexity index is 1570. The molecule has 6 rings (SSSR count). The number of fused-ring (bicyclic) bond motifs is 3. The molecule has 0 radical (unpaired) electrons. The lowest BCUT2D eigenvalue weighted by Gasteiger charge is -2.22. The van der Waals surface area contributed by atoms with Gasteiger partial charge in [-0.2, -0.15) is 0 Å². The number of allylic oxidation sites excluding steroid dienone is 1. The van der Waals surface area contributed by atoms with Gasteiger partial charge in [-0.05, 0) is 78.8 Å². The zero-order valence-corrected chi connectivity index (χ0v) is 20.5. The highest BCUT2D eigenvalue weighted by molar-refractivity contribution is 6.08. The van der Waals surface area contributed by atoms with Crippen LogP contribution in [0.1, 0.15) is 46.1 Å². The van der Waals surface area contributed by atoms with Gasteiger partial charge in [0.25, 0.3) is 5.91 Å². The molecule has 0 spiro atoms. The van der Waals surface area contributed by atoms with Crippen molar-refractivity contribution in [2.45, 2.75) is 32.2 Å². The van der Waals surface area contributed by atoms with Crippen LogP contribution in [0.15, 0.2) is 72.8 Å². The number of hydrogen-bond donors (Lipinski definition) is 1. The van der Waals surface area contributed by atoms with Crippen LogP contribution < -0.4 is 4.90 Å². The van der Waals surface area contributed by atoms with Gasteiger partial charge < -0.3 is 14.7 Å². The molecule has 2 aliphatic rings. The van der Waals surface area contributed by atoms with Crippen LogP contribution in [-0.4, -0.2) is 34.6 Å². The summed E-state index contributed by atoms with van der Waals surface area (Å²) in [5.41, 5.74) is 6.81. The van der Waals surface area contributed by atoms with E-state index in [2.05, 4.69) is 0 Å². The van der Waals surface area contributed by atoms with Crippen LogP contribution in [0, 0.1) is 0 Å². The van der Waals surface area contributed by atoms with Crippen molar-refractivity contribution >= 4 is 40.1 Å². The Balaban J connectivity index is 1.31. The molecule has 0 fully saturated rings. The summed E-state index contributed by atoms with van der Waals surface area (Å²) in [6.45, 7) is 1.68. The number of pyridine rings is 1. The zero-order chi connectivity index (χ0) is 25.5. The van der Waals surface area contributed by atoms with Gasteiger partial charge in [0.1, 0.15) is 5.75 Å². The molecule has 0 saturated carbocycles. The SMILES string of the molecule is CC1Cc2ccccc2N1C(=O)COC(=O)c1c2c(nc3ccccc13)/C(=C/c1ccc(O)cc1)CC2. The number of esters is 1. The number of aromatic nitrogens is 1. The molecule has 1 unspecified atom stereocenters.